The summed E-state index contributed by atoms with van der Waals surface area (Å²) in [5, 5.41) is 34.9. The maximum atomic E-state index is 11.9. The highest BCUT2D eigenvalue weighted by molar-refractivity contribution is 7.99. The van der Waals surface area contributed by atoms with E-state index in [9.17, 15) is 25.1 Å². The highest BCUT2D eigenvalue weighted by Gasteiger charge is 2.32. The molecule has 1 aliphatic rings. The predicted octanol–water partition coefficient (Wildman–Crippen LogP) is -1.51. The molecule has 2 atom stereocenters. The van der Waals surface area contributed by atoms with Gasteiger partial charge in [0.2, 0.25) is 0 Å². The van der Waals surface area contributed by atoms with Gasteiger partial charge in [0.1, 0.15) is 17.8 Å². The van der Waals surface area contributed by atoms with Crippen LogP contribution in [0.1, 0.15) is 17.9 Å². The number of rotatable bonds is 5. The second kappa shape index (κ2) is 6.19. The lowest BCUT2D eigenvalue weighted by Gasteiger charge is -2.17. The van der Waals surface area contributed by atoms with E-state index in [4.69, 9.17) is 4.74 Å². The minimum atomic E-state index is -1.18. The van der Waals surface area contributed by atoms with Crippen molar-refractivity contribution in [2.75, 3.05) is 12.4 Å². The number of carboxylic acid groups (broad SMARTS) is 1. The lowest BCUT2D eigenvalue weighted by molar-refractivity contribution is -0.690. The summed E-state index contributed by atoms with van der Waals surface area (Å²) in [4.78, 5) is 21.0. The van der Waals surface area contributed by atoms with E-state index < -0.39 is 28.4 Å². The Morgan fingerprint density at radius 1 is 1.57 bits per heavy atom. The number of carboxylic acids is 1. The number of nitro groups is 1. The summed E-state index contributed by atoms with van der Waals surface area (Å²) < 4.78 is 5.13. The Labute approximate surface area is 124 Å². The third kappa shape index (κ3) is 3.19. The summed E-state index contributed by atoms with van der Waals surface area (Å²) >= 11 is 1.33. The van der Waals surface area contributed by atoms with Crippen molar-refractivity contribution < 1.29 is 30.0 Å². The van der Waals surface area contributed by atoms with Crippen molar-refractivity contribution in [1.29, 1.82) is 0 Å². The molecule has 1 fully saturated rings. The van der Waals surface area contributed by atoms with Gasteiger partial charge in [-0.05, 0) is 13.0 Å². The van der Waals surface area contributed by atoms with Gasteiger partial charge >= 0.3 is 0 Å². The second-order valence-corrected chi connectivity index (χ2v) is 5.60. The Balaban J connectivity index is 2.35. The van der Waals surface area contributed by atoms with E-state index in [1.54, 1.807) is 12.2 Å². The van der Waals surface area contributed by atoms with Gasteiger partial charge in [-0.2, -0.15) is 0 Å². The Morgan fingerprint density at radius 3 is 2.81 bits per heavy atom. The Bertz CT molecular complexity index is 579. The van der Waals surface area contributed by atoms with Crippen LogP contribution in [0, 0.1) is 10.1 Å². The summed E-state index contributed by atoms with van der Waals surface area (Å²) in [6.45, 7) is 1.87. The molecule has 0 amide bonds. The molecule has 0 spiro atoms. The smallest absolute Gasteiger partial charge is 0.265 e. The monoisotopic (exact) mass is 313 g/mol. The molecule has 0 radical (unpaired) electrons. The van der Waals surface area contributed by atoms with Gasteiger partial charge in [-0.1, -0.05) is 11.8 Å². The highest BCUT2D eigenvalue weighted by Crippen LogP contribution is 2.39. The van der Waals surface area contributed by atoms with E-state index in [1.807, 2.05) is 0 Å². The van der Waals surface area contributed by atoms with Crippen molar-refractivity contribution >= 4 is 23.4 Å². The van der Waals surface area contributed by atoms with Crippen molar-refractivity contribution in [2.45, 2.75) is 18.3 Å². The minimum Gasteiger partial charge on any atom is -0.865 e. The molecule has 0 saturated carbocycles. The fourth-order valence-corrected chi connectivity index (χ4v) is 3.35. The minimum absolute atomic E-state index is 0.0902. The number of ether oxygens (including phenoxy) is 1. The first-order valence-corrected chi connectivity index (χ1v) is 7.28. The highest BCUT2D eigenvalue weighted by atomic mass is 32.2. The van der Waals surface area contributed by atoms with E-state index in [0.717, 1.165) is 0 Å². The summed E-state index contributed by atoms with van der Waals surface area (Å²) in [7, 11) is 0. The van der Waals surface area contributed by atoms with Crippen LogP contribution in [0.25, 0.3) is 0 Å². The van der Waals surface area contributed by atoms with Gasteiger partial charge in [-0.15, -0.1) is 0 Å². The first-order valence-electron chi connectivity index (χ1n) is 6.23. The van der Waals surface area contributed by atoms with Crippen LogP contribution in [0.2, 0.25) is 0 Å². The molecule has 114 valence electrons. The summed E-state index contributed by atoms with van der Waals surface area (Å²) in [6, 6.07) is 1.91. The Kier molecular flexibility index (Phi) is 4.53. The van der Waals surface area contributed by atoms with Crippen molar-refractivity contribution in [3.63, 3.8) is 0 Å². The van der Waals surface area contributed by atoms with Crippen LogP contribution in [0.15, 0.2) is 12.1 Å². The van der Waals surface area contributed by atoms with E-state index >= 15 is 0 Å². The number of carbonyl (C=O) groups is 1. The van der Waals surface area contributed by atoms with E-state index in [2.05, 4.69) is 0 Å². The summed E-state index contributed by atoms with van der Waals surface area (Å²) in [5.74, 6) is -1.70. The molecule has 0 bridgehead atoms. The molecule has 1 aromatic carbocycles. The molecule has 21 heavy (non-hydrogen) atoms. The molecule has 1 heterocycles. The fraction of sp³-hybridized carbons (Fsp3) is 0.417. The lowest BCUT2D eigenvalue weighted by Crippen LogP contribution is -2.90. The molecule has 0 unspecified atom stereocenters. The zero-order valence-corrected chi connectivity index (χ0v) is 11.9. The summed E-state index contributed by atoms with van der Waals surface area (Å²) in [6.07, 6.45) is 0. The van der Waals surface area contributed by atoms with Gasteiger partial charge in [0.05, 0.1) is 17.3 Å². The van der Waals surface area contributed by atoms with Crippen LogP contribution in [-0.4, -0.2) is 29.3 Å². The molecule has 2 rings (SSSR count). The van der Waals surface area contributed by atoms with Crippen molar-refractivity contribution in [1.82, 2.24) is 0 Å². The van der Waals surface area contributed by atoms with Crippen molar-refractivity contribution in [3.8, 4) is 11.5 Å². The van der Waals surface area contributed by atoms with Gasteiger partial charge in [-0.25, -0.2) is 0 Å². The second-order valence-electron chi connectivity index (χ2n) is 4.43. The number of nitrogens with zero attached hydrogens (tertiary/aromatic N) is 1. The first kappa shape index (κ1) is 15.4. The normalized spacial score (nSPS) is 21.2. The van der Waals surface area contributed by atoms with Gasteiger partial charge < -0.3 is 25.1 Å². The molecule has 8 nitrogen and oxygen atoms in total. The van der Waals surface area contributed by atoms with Crippen LogP contribution < -0.4 is 20.3 Å². The van der Waals surface area contributed by atoms with Crippen LogP contribution >= 0.6 is 11.8 Å². The van der Waals surface area contributed by atoms with Gasteiger partial charge in [0.15, 0.2) is 5.37 Å². The van der Waals surface area contributed by atoms with Crippen molar-refractivity contribution in [3.05, 3.63) is 27.8 Å². The topological polar surface area (TPSA) is 132 Å². The van der Waals surface area contributed by atoms with Crippen LogP contribution in [-0.2, 0) is 4.79 Å². The predicted molar refractivity (Wildman–Crippen MR) is 69.6 cm³/mol. The number of carbonyl (C=O) groups excluding carboxylic acids is 1. The third-order valence-corrected chi connectivity index (χ3v) is 4.39. The maximum Gasteiger partial charge on any atom is 0.265 e. The number of nitro benzene ring substituents is 1. The largest absolute Gasteiger partial charge is 0.865 e. The average Bonchev–Trinajstić information content (AvgIpc) is 2.90. The standard InChI is InChI=1S/C12H14N2O6S/c1-2-20-9-4-6(3-8(10(9)15)14(18)19)11-13-7(5-21-11)12(16)17/h3-4,7,11,13,15H,2,5H2,1H3,(H,16,17)/p-1/t7-,11+/m1/s1. The van der Waals surface area contributed by atoms with Crippen LogP contribution in [0.3, 0.4) is 0 Å². The van der Waals surface area contributed by atoms with E-state index in [1.165, 1.54) is 23.9 Å². The van der Waals surface area contributed by atoms with Gasteiger partial charge in [-0.3, -0.25) is 10.1 Å². The van der Waals surface area contributed by atoms with Gasteiger partial charge in [0.25, 0.3) is 5.69 Å². The molecular formula is C12H13N2O6S-. The zero-order valence-electron chi connectivity index (χ0n) is 11.1. The molecule has 2 N–H and O–H groups in total. The number of aliphatic carboxylic acids is 1. The first-order chi connectivity index (χ1) is 9.93. The van der Waals surface area contributed by atoms with Crippen molar-refractivity contribution in [2.24, 2.45) is 0 Å². The van der Waals surface area contributed by atoms with Crippen LogP contribution in [0.5, 0.6) is 11.5 Å². The summed E-state index contributed by atoms with van der Waals surface area (Å²) in [5.41, 5.74) is -0.0830. The van der Waals surface area contributed by atoms with Crippen LogP contribution in [0.4, 0.5) is 5.69 Å². The fourth-order valence-electron chi connectivity index (χ4n) is 2.05. The Hall–Kier alpha value is -2.00. The zero-order chi connectivity index (χ0) is 15.6. The molecule has 0 aliphatic carbocycles. The Morgan fingerprint density at radius 2 is 2.29 bits per heavy atom. The number of hydrogen-bond acceptors (Lipinski definition) is 7. The number of thioether (sulfide) groups is 1. The number of quaternary nitrogens is 1. The van der Waals surface area contributed by atoms with Gasteiger partial charge in [0, 0.05) is 17.4 Å². The molecule has 1 saturated heterocycles. The molecular weight excluding hydrogens is 300 g/mol. The molecule has 9 heteroatoms. The lowest BCUT2D eigenvalue weighted by atomic mass is 10.1. The molecule has 1 aromatic rings. The quantitative estimate of drug-likeness (QED) is 0.516. The SMILES string of the molecule is CCOc1cc([C@H]2[NH2+][C@@H](C(=O)[O-])CS2)cc([N+](=O)[O-])c1[O-]. The maximum absolute atomic E-state index is 11.9. The number of hydrogen-bond donors (Lipinski definition) is 1. The molecule has 1 aliphatic heterocycles. The van der Waals surface area contributed by atoms with E-state index in [-0.39, 0.29) is 17.7 Å². The number of nitrogens with two attached hydrogens (primary N) is 1. The molecule has 0 aromatic heterocycles. The van der Waals surface area contributed by atoms with E-state index in [0.29, 0.717) is 11.3 Å². The number of benzene rings is 1. The third-order valence-electron chi connectivity index (χ3n) is 3.05. The average molecular weight is 313 g/mol.